The van der Waals surface area contributed by atoms with Crippen LogP contribution >= 0.6 is 46.4 Å². The van der Waals surface area contributed by atoms with E-state index in [9.17, 15) is 10.2 Å². The molecule has 0 amide bonds. The van der Waals surface area contributed by atoms with E-state index in [0.29, 0.717) is 36.0 Å². The summed E-state index contributed by atoms with van der Waals surface area (Å²) in [5.74, 6) is 10.9. The van der Waals surface area contributed by atoms with E-state index in [0.717, 1.165) is 36.8 Å². The van der Waals surface area contributed by atoms with Gasteiger partial charge in [0.2, 0.25) is 0 Å². The largest absolute Gasteiger partial charge is 0.759 e. The molecule has 2 aromatic carbocycles. The lowest BCUT2D eigenvalue weighted by Crippen LogP contribution is -2.95. The van der Waals surface area contributed by atoms with Crippen molar-refractivity contribution in [2.24, 2.45) is 11.7 Å². The smallest absolute Gasteiger partial charge is 0.138 e. The molecule has 0 spiro atoms. The molecule has 2 aromatic rings. The van der Waals surface area contributed by atoms with Gasteiger partial charge in [0.25, 0.3) is 0 Å². The summed E-state index contributed by atoms with van der Waals surface area (Å²) in [5, 5.41) is 22.7. The number of rotatable bonds is 10. The molecule has 0 radical (unpaired) electrons. The molecule has 0 heterocycles. The highest BCUT2D eigenvalue weighted by atomic mass is 35.5. The summed E-state index contributed by atoms with van der Waals surface area (Å²) in [6.45, 7) is 0.753. The number of benzene rings is 2. The first kappa shape index (κ1) is 34.4. The molecule has 2 aliphatic carbocycles. The highest BCUT2D eigenvalue weighted by Crippen LogP contribution is 2.52. The zero-order valence-electron chi connectivity index (χ0n) is 21.0. The van der Waals surface area contributed by atoms with Crippen LogP contribution in [0.3, 0.4) is 0 Å². The summed E-state index contributed by atoms with van der Waals surface area (Å²) in [7, 11) is -5.17. The Morgan fingerprint density at radius 3 is 1.28 bits per heavy atom. The number of aliphatic hydroxyl groups is 2. The number of quaternary nitrogens is 2. The summed E-state index contributed by atoms with van der Waals surface area (Å²) in [6.07, 6.45) is 4.16. The fourth-order valence-electron chi connectivity index (χ4n) is 4.28. The molecule has 220 valence electrons. The van der Waals surface area contributed by atoms with Crippen molar-refractivity contribution >= 4 is 56.8 Å². The minimum absolute atomic E-state index is 0.377. The summed E-state index contributed by atoms with van der Waals surface area (Å²) >= 11 is 24.9. The Hall–Kier alpha value is -0.770. The molecule has 2 aliphatic rings. The molecule has 10 N–H and O–H groups in total. The Morgan fingerprint density at radius 1 is 0.769 bits per heavy atom. The molecule has 2 fully saturated rings. The van der Waals surface area contributed by atoms with Crippen LogP contribution in [0.1, 0.15) is 36.8 Å². The maximum Gasteiger partial charge on any atom is 0.138 e. The topological polar surface area (TPSA) is 206 Å². The van der Waals surface area contributed by atoms with Crippen molar-refractivity contribution in [3.63, 3.8) is 0 Å². The monoisotopic (exact) mass is 646 g/mol. The lowest BCUT2D eigenvalue weighted by molar-refractivity contribution is -0.680. The summed E-state index contributed by atoms with van der Waals surface area (Å²) < 4.78 is 34.1. The minimum atomic E-state index is -5.17. The van der Waals surface area contributed by atoms with E-state index in [1.165, 1.54) is 10.9 Å². The highest BCUT2D eigenvalue weighted by molar-refractivity contribution is 7.79. The van der Waals surface area contributed by atoms with Gasteiger partial charge in [-0.1, -0.05) is 59.6 Å². The van der Waals surface area contributed by atoms with Crippen LogP contribution in [0.2, 0.25) is 10.0 Å². The predicted octanol–water partition coefficient (Wildman–Crippen LogP) is 0.306. The van der Waals surface area contributed by atoms with Gasteiger partial charge in [0.1, 0.15) is 24.3 Å². The molecule has 0 bridgehead atoms. The average molecular weight is 648 g/mol. The van der Waals surface area contributed by atoms with Crippen LogP contribution < -0.4 is 22.5 Å². The third kappa shape index (κ3) is 10.2. The van der Waals surface area contributed by atoms with E-state index in [2.05, 4.69) is 0 Å². The van der Waals surface area contributed by atoms with Gasteiger partial charge >= 0.3 is 0 Å². The first-order valence-corrected chi connectivity index (χ1v) is 14.9. The fourth-order valence-corrected chi connectivity index (χ4v) is 5.16. The third-order valence-corrected chi connectivity index (χ3v) is 9.04. The number of alkyl halides is 2. The maximum atomic E-state index is 10.7. The molecule has 2 atom stereocenters. The Kier molecular flexibility index (Phi) is 12.3. The van der Waals surface area contributed by atoms with Crippen LogP contribution in [-0.2, 0) is 23.2 Å². The van der Waals surface area contributed by atoms with Crippen molar-refractivity contribution in [1.29, 1.82) is 0 Å². The SMILES string of the molecule is N[NH2+]CC(O)(Cc1ccccc1Cl)C1(Cl)CC1.N[NH2+]CC(O)(Cc1ccccc1Cl)C1(Cl)CC1.O=S(=O)([O-])[O-]. The molecule has 0 aromatic heterocycles. The fraction of sp³-hybridized carbons (Fsp3) is 0.500. The van der Waals surface area contributed by atoms with E-state index in [4.69, 9.17) is 75.6 Å². The summed E-state index contributed by atoms with van der Waals surface area (Å²) in [5.41, 5.74) is 2.75. The van der Waals surface area contributed by atoms with Crippen molar-refractivity contribution < 1.29 is 38.6 Å². The van der Waals surface area contributed by atoms with Crippen LogP contribution in [0.15, 0.2) is 48.5 Å². The highest BCUT2D eigenvalue weighted by Gasteiger charge is 2.59. The van der Waals surface area contributed by atoms with Gasteiger partial charge in [-0.3, -0.25) is 19.3 Å². The second kappa shape index (κ2) is 13.9. The molecule has 4 rings (SSSR count). The minimum Gasteiger partial charge on any atom is -0.759 e. The van der Waals surface area contributed by atoms with Gasteiger partial charge in [-0.05, 0) is 48.9 Å². The Morgan fingerprint density at radius 2 is 1.05 bits per heavy atom. The number of nitrogens with two attached hydrogens (primary N) is 4. The Bertz CT molecular complexity index is 1120. The number of hydrogen-bond acceptors (Lipinski definition) is 8. The molecular formula is C24H34Cl4N4O6S. The normalized spacial score (nSPS) is 19.7. The van der Waals surface area contributed by atoms with Crippen molar-refractivity contribution in [3.8, 4) is 0 Å². The van der Waals surface area contributed by atoms with Gasteiger partial charge in [-0.15, -0.1) is 23.2 Å². The second-order valence-electron chi connectivity index (χ2n) is 9.82. The van der Waals surface area contributed by atoms with Crippen LogP contribution in [0, 0.1) is 0 Å². The quantitative estimate of drug-likeness (QED) is 0.0694. The van der Waals surface area contributed by atoms with Crippen molar-refractivity contribution in [2.45, 2.75) is 59.5 Å². The van der Waals surface area contributed by atoms with E-state index in [1.807, 2.05) is 48.5 Å². The second-order valence-corrected chi connectivity index (χ2v) is 12.9. The first-order chi connectivity index (χ1) is 18.0. The van der Waals surface area contributed by atoms with Crippen molar-refractivity contribution in [2.75, 3.05) is 13.1 Å². The Balaban J connectivity index is 0.000000234. The molecule has 39 heavy (non-hydrogen) atoms. The van der Waals surface area contributed by atoms with Crippen LogP contribution in [0.25, 0.3) is 0 Å². The molecule has 15 heteroatoms. The molecule has 2 unspecified atom stereocenters. The van der Waals surface area contributed by atoms with Gasteiger partial charge in [0.15, 0.2) is 0 Å². The van der Waals surface area contributed by atoms with Gasteiger partial charge in [0, 0.05) is 33.3 Å². The van der Waals surface area contributed by atoms with Crippen molar-refractivity contribution in [3.05, 3.63) is 69.7 Å². The zero-order chi connectivity index (χ0) is 29.5. The third-order valence-electron chi connectivity index (χ3n) is 6.84. The van der Waals surface area contributed by atoms with E-state index < -0.39 is 31.3 Å². The maximum absolute atomic E-state index is 10.7. The molecule has 0 saturated heterocycles. The van der Waals surface area contributed by atoms with E-state index in [1.54, 1.807) is 0 Å². The van der Waals surface area contributed by atoms with Gasteiger partial charge in [0.05, 0.1) is 9.75 Å². The number of hydrogen-bond donors (Lipinski definition) is 6. The summed E-state index contributed by atoms with van der Waals surface area (Å²) in [6, 6.07) is 15.0. The standard InChI is InChI=1S/2C12H16Cl2N2O.H2O4S/c2*13-10-4-2-1-3-9(10)7-12(17,8-16-15)11(14)5-6-11;1-5(2,3)4/h2*1-4,16-17H,5-8,15H2;(H2,1,2,3,4). The van der Waals surface area contributed by atoms with Crippen LogP contribution in [0.4, 0.5) is 0 Å². The van der Waals surface area contributed by atoms with E-state index in [-0.39, 0.29) is 0 Å². The predicted molar refractivity (Wildman–Crippen MR) is 148 cm³/mol. The molecule has 10 nitrogen and oxygen atoms in total. The van der Waals surface area contributed by atoms with Gasteiger partial charge in [-0.2, -0.15) is 11.7 Å². The molecule has 2 saturated carbocycles. The molecule has 0 aliphatic heterocycles. The summed E-state index contributed by atoms with van der Waals surface area (Å²) in [4.78, 5) is -1.08. The van der Waals surface area contributed by atoms with E-state index >= 15 is 0 Å². The number of halogens is 4. The van der Waals surface area contributed by atoms with Crippen LogP contribution in [0.5, 0.6) is 0 Å². The lowest BCUT2D eigenvalue weighted by atomic mass is 9.89. The average Bonchev–Trinajstić information content (AvgIpc) is 3.76. The van der Waals surface area contributed by atoms with Gasteiger partial charge in [-0.25, -0.2) is 0 Å². The Labute approximate surface area is 248 Å². The van der Waals surface area contributed by atoms with Gasteiger partial charge < -0.3 is 19.3 Å². The lowest BCUT2D eigenvalue weighted by Gasteiger charge is -2.31. The molecular weight excluding hydrogens is 614 g/mol. The van der Waals surface area contributed by atoms with Crippen LogP contribution in [-0.4, -0.2) is 61.8 Å². The zero-order valence-corrected chi connectivity index (χ0v) is 24.9. The van der Waals surface area contributed by atoms with Crippen molar-refractivity contribution in [1.82, 2.24) is 0 Å². The first-order valence-electron chi connectivity index (χ1n) is 12.0.